The third kappa shape index (κ3) is 3.41. The number of azo groups is 1. The summed E-state index contributed by atoms with van der Waals surface area (Å²) >= 11 is 5.77. The predicted molar refractivity (Wildman–Crippen MR) is 92.7 cm³/mol. The monoisotopic (exact) mass is 378 g/mol. The van der Waals surface area contributed by atoms with E-state index in [-0.39, 0.29) is 38.2 Å². The Balaban J connectivity index is 2.19. The molecule has 9 heteroatoms. The van der Waals surface area contributed by atoms with Crippen LogP contribution in [0.1, 0.15) is 0 Å². The van der Waals surface area contributed by atoms with Gasteiger partial charge in [-0.05, 0) is 23.6 Å². The van der Waals surface area contributed by atoms with Gasteiger partial charge in [-0.1, -0.05) is 35.9 Å². The number of hydrogen-bond donors (Lipinski definition) is 3. The largest absolute Gasteiger partial charge is 0.506 e. The topological polar surface area (TPSA) is 120 Å². The molecule has 3 aromatic carbocycles. The van der Waals surface area contributed by atoms with Gasteiger partial charge < -0.3 is 10.2 Å². The van der Waals surface area contributed by atoms with Gasteiger partial charge in [0.25, 0.3) is 10.1 Å². The average molecular weight is 379 g/mol. The lowest BCUT2D eigenvalue weighted by Crippen LogP contribution is -1.98. The highest BCUT2D eigenvalue weighted by Gasteiger charge is 2.16. The number of benzene rings is 3. The molecule has 0 aliphatic heterocycles. The number of nitrogens with zero attached hydrogens (tertiary/aromatic N) is 2. The minimum Gasteiger partial charge on any atom is -0.506 e. The molecule has 0 aliphatic carbocycles. The van der Waals surface area contributed by atoms with E-state index in [1.54, 1.807) is 18.2 Å². The molecule has 0 aromatic heterocycles. The number of phenols is 2. The highest BCUT2D eigenvalue weighted by molar-refractivity contribution is 7.86. The third-order valence-electron chi connectivity index (χ3n) is 3.43. The van der Waals surface area contributed by atoms with Crippen LogP contribution in [0.3, 0.4) is 0 Å². The van der Waals surface area contributed by atoms with E-state index < -0.39 is 10.1 Å². The van der Waals surface area contributed by atoms with Crippen molar-refractivity contribution in [1.82, 2.24) is 0 Å². The second kappa shape index (κ2) is 6.32. The zero-order valence-corrected chi connectivity index (χ0v) is 14.0. The summed E-state index contributed by atoms with van der Waals surface area (Å²) in [4.78, 5) is -0.299. The maximum Gasteiger partial charge on any atom is 0.295 e. The summed E-state index contributed by atoms with van der Waals surface area (Å²) in [5, 5.41) is 27.7. The van der Waals surface area contributed by atoms with Crippen molar-refractivity contribution in [2.24, 2.45) is 10.2 Å². The van der Waals surface area contributed by atoms with Gasteiger partial charge in [-0.25, -0.2) is 0 Å². The van der Waals surface area contributed by atoms with Crippen LogP contribution in [0.4, 0.5) is 11.4 Å². The number of hydrogen-bond acceptors (Lipinski definition) is 6. The van der Waals surface area contributed by atoms with E-state index in [0.717, 1.165) is 6.07 Å². The van der Waals surface area contributed by atoms with Crippen LogP contribution in [-0.2, 0) is 10.1 Å². The Morgan fingerprint density at radius 3 is 2.20 bits per heavy atom. The number of fused-ring (bicyclic) bond motifs is 1. The van der Waals surface area contributed by atoms with Crippen LogP contribution in [0.5, 0.6) is 11.5 Å². The van der Waals surface area contributed by atoms with E-state index >= 15 is 0 Å². The van der Waals surface area contributed by atoms with Crippen LogP contribution >= 0.6 is 11.6 Å². The standard InChI is InChI=1S/C16H11ClN2O5S/c17-10-7-12(14(21)8-13(10)20)19-18-11-5-1-3-9-4-2-6-15(16(9)11)25(22,23)24/h1-8,20-21H,(H,22,23,24). The molecule has 0 saturated heterocycles. The number of phenolic OH excluding ortho intramolecular Hbond substituents is 2. The normalized spacial score (nSPS) is 12.1. The summed E-state index contributed by atoms with van der Waals surface area (Å²) < 4.78 is 32.6. The molecule has 0 heterocycles. The first kappa shape index (κ1) is 17.2. The lowest BCUT2D eigenvalue weighted by molar-refractivity contribution is 0.451. The molecule has 0 aliphatic rings. The molecule has 0 fully saturated rings. The average Bonchev–Trinajstić information content (AvgIpc) is 2.55. The van der Waals surface area contributed by atoms with Gasteiger partial charge in [0, 0.05) is 11.5 Å². The van der Waals surface area contributed by atoms with Crippen LogP contribution < -0.4 is 0 Å². The van der Waals surface area contributed by atoms with Crippen molar-refractivity contribution in [3.05, 3.63) is 53.6 Å². The molecule has 0 saturated carbocycles. The van der Waals surface area contributed by atoms with E-state index in [9.17, 15) is 23.2 Å². The van der Waals surface area contributed by atoms with Crippen molar-refractivity contribution in [3.63, 3.8) is 0 Å². The molecule has 25 heavy (non-hydrogen) atoms. The smallest absolute Gasteiger partial charge is 0.295 e. The molecule has 3 N–H and O–H groups in total. The zero-order chi connectivity index (χ0) is 18.2. The summed E-state index contributed by atoms with van der Waals surface area (Å²) in [7, 11) is -4.46. The van der Waals surface area contributed by atoms with Crippen molar-refractivity contribution in [2.45, 2.75) is 4.90 Å². The van der Waals surface area contributed by atoms with E-state index in [0.29, 0.717) is 5.39 Å². The van der Waals surface area contributed by atoms with Crippen molar-refractivity contribution < 1.29 is 23.2 Å². The Morgan fingerprint density at radius 1 is 0.880 bits per heavy atom. The first-order chi connectivity index (χ1) is 11.8. The van der Waals surface area contributed by atoms with Gasteiger partial charge in [-0.15, -0.1) is 10.2 Å². The quantitative estimate of drug-likeness (QED) is 0.455. The SMILES string of the molecule is O=S(=O)(O)c1cccc2cccc(N=Nc3cc(Cl)c(O)cc3O)c12. The Morgan fingerprint density at radius 2 is 1.52 bits per heavy atom. The molecule has 3 rings (SSSR count). The van der Waals surface area contributed by atoms with Gasteiger partial charge in [0.1, 0.15) is 22.1 Å². The van der Waals surface area contributed by atoms with Crippen molar-refractivity contribution in [1.29, 1.82) is 0 Å². The first-order valence-electron chi connectivity index (χ1n) is 6.90. The number of rotatable bonds is 3. The fourth-order valence-corrected chi connectivity index (χ4v) is 3.20. The summed E-state index contributed by atoms with van der Waals surface area (Å²) in [6, 6.07) is 11.5. The first-order valence-corrected chi connectivity index (χ1v) is 8.71. The minimum atomic E-state index is -4.46. The van der Waals surface area contributed by atoms with Crippen LogP contribution in [0.25, 0.3) is 10.8 Å². The molecule has 0 amide bonds. The van der Waals surface area contributed by atoms with E-state index in [1.165, 1.54) is 24.3 Å². The van der Waals surface area contributed by atoms with Crippen LogP contribution in [0, 0.1) is 0 Å². The van der Waals surface area contributed by atoms with Crippen LogP contribution in [0.15, 0.2) is 63.7 Å². The van der Waals surface area contributed by atoms with Gasteiger partial charge in [-0.3, -0.25) is 4.55 Å². The number of aromatic hydroxyl groups is 2. The molecule has 0 bridgehead atoms. The van der Waals surface area contributed by atoms with Gasteiger partial charge in [0.2, 0.25) is 0 Å². The zero-order valence-electron chi connectivity index (χ0n) is 12.5. The molecular formula is C16H11ClN2O5S. The van der Waals surface area contributed by atoms with Crippen molar-refractivity contribution in [3.8, 4) is 11.5 Å². The van der Waals surface area contributed by atoms with Gasteiger partial charge in [-0.2, -0.15) is 8.42 Å². The second-order valence-corrected chi connectivity index (χ2v) is 6.90. The maximum atomic E-state index is 11.6. The molecule has 3 aromatic rings. The Labute approximate surface area is 147 Å². The Kier molecular flexibility index (Phi) is 4.34. The minimum absolute atomic E-state index is 0.0101. The third-order valence-corrected chi connectivity index (χ3v) is 4.63. The van der Waals surface area contributed by atoms with Crippen molar-refractivity contribution >= 4 is 43.9 Å². The maximum absolute atomic E-state index is 11.6. The highest BCUT2D eigenvalue weighted by atomic mass is 35.5. The molecule has 0 unspecified atom stereocenters. The fourth-order valence-electron chi connectivity index (χ4n) is 2.31. The van der Waals surface area contributed by atoms with E-state index in [4.69, 9.17) is 11.6 Å². The summed E-state index contributed by atoms with van der Waals surface area (Å²) in [5.74, 6) is -0.655. The van der Waals surface area contributed by atoms with Crippen molar-refractivity contribution in [2.75, 3.05) is 0 Å². The molecule has 0 radical (unpaired) electrons. The summed E-state index contributed by atoms with van der Waals surface area (Å²) in [5.41, 5.74) is 0.165. The molecule has 0 atom stereocenters. The predicted octanol–water partition coefficient (Wildman–Crippen LogP) is 4.57. The van der Waals surface area contributed by atoms with E-state index in [2.05, 4.69) is 10.2 Å². The lowest BCUT2D eigenvalue weighted by Gasteiger charge is -2.06. The highest BCUT2D eigenvalue weighted by Crippen LogP contribution is 2.38. The Bertz CT molecular complexity index is 1110. The van der Waals surface area contributed by atoms with Gasteiger partial charge in [0.05, 0.1) is 10.7 Å². The Hall–Kier alpha value is -2.68. The number of halogens is 1. The molecule has 0 spiro atoms. The summed E-state index contributed by atoms with van der Waals surface area (Å²) in [6.45, 7) is 0. The fraction of sp³-hybridized carbons (Fsp3) is 0. The van der Waals surface area contributed by atoms with E-state index in [1.807, 2.05) is 0 Å². The van der Waals surface area contributed by atoms with Gasteiger partial charge >= 0.3 is 0 Å². The summed E-state index contributed by atoms with van der Waals surface area (Å²) in [6.07, 6.45) is 0. The van der Waals surface area contributed by atoms with Crippen LogP contribution in [-0.4, -0.2) is 23.2 Å². The lowest BCUT2D eigenvalue weighted by atomic mass is 10.1. The second-order valence-electron chi connectivity index (χ2n) is 5.10. The van der Waals surface area contributed by atoms with Gasteiger partial charge in [0.15, 0.2) is 0 Å². The molecular weight excluding hydrogens is 368 g/mol. The van der Waals surface area contributed by atoms with Crippen LogP contribution in [0.2, 0.25) is 5.02 Å². The molecule has 7 nitrogen and oxygen atoms in total. The molecule has 128 valence electrons.